The van der Waals surface area contributed by atoms with Gasteiger partial charge in [-0.05, 0) is 12.1 Å². The SMILES string of the molecule is [N]=CC1Oc2ccccc2O1. The molecule has 0 unspecified atom stereocenters. The van der Waals surface area contributed by atoms with E-state index < -0.39 is 6.29 Å². The summed E-state index contributed by atoms with van der Waals surface area (Å²) in [5.74, 6) is 1.34. The predicted octanol–water partition coefficient (Wildman–Crippen LogP) is 0.655. The number of benzene rings is 1. The summed E-state index contributed by atoms with van der Waals surface area (Å²) in [7, 11) is 0. The molecule has 0 N–H and O–H groups in total. The fourth-order valence-corrected chi connectivity index (χ4v) is 0.980. The van der Waals surface area contributed by atoms with Gasteiger partial charge in [0.25, 0.3) is 6.29 Å². The normalized spacial score (nSPS) is 14.9. The lowest BCUT2D eigenvalue weighted by Gasteiger charge is -1.99. The molecule has 11 heavy (non-hydrogen) atoms. The molecule has 2 rings (SSSR count). The average Bonchev–Trinajstić information content (AvgIpc) is 2.46. The van der Waals surface area contributed by atoms with E-state index in [0.717, 1.165) is 6.21 Å². The zero-order valence-corrected chi connectivity index (χ0v) is 5.73. The van der Waals surface area contributed by atoms with Crippen molar-refractivity contribution in [3.63, 3.8) is 0 Å². The minimum Gasteiger partial charge on any atom is -0.446 e. The van der Waals surface area contributed by atoms with Crippen molar-refractivity contribution in [2.24, 2.45) is 0 Å². The minimum atomic E-state index is -0.646. The molecule has 0 aliphatic carbocycles. The van der Waals surface area contributed by atoms with Crippen molar-refractivity contribution in [3.05, 3.63) is 24.3 Å². The van der Waals surface area contributed by atoms with Crippen molar-refractivity contribution in [3.8, 4) is 11.5 Å². The van der Waals surface area contributed by atoms with Crippen LogP contribution in [0.4, 0.5) is 0 Å². The first-order valence-corrected chi connectivity index (χ1v) is 3.30. The molecular formula is C8H6NO2. The van der Waals surface area contributed by atoms with E-state index in [2.05, 4.69) is 0 Å². The van der Waals surface area contributed by atoms with Crippen molar-refractivity contribution in [1.82, 2.24) is 5.41 Å². The van der Waals surface area contributed by atoms with Crippen LogP contribution in [0, 0.1) is 0 Å². The number of para-hydroxylation sites is 2. The maximum Gasteiger partial charge on any atom is 0.279 e. The minimum absolute atomic E-state index is 0.646. The van der Waals surface area contributed by atoms with Gasteiger partial charge in [-0.3, -0.25) is 0 Å². The van der Waals surface area contributed by atoms with E-state index in [9.17, 15) is 0 Å². The highest BCUT2D eigenvalue weighted by molar-refractivity contribution is 5.62. The molecule has 0 amide bonds. The molecule has 0 atom stereocenters. The molecule has 1 heterocycles. The van der Waals surface area contributed by atoms with E-state index in [1.807, 2.05) is 12.1 Å². The highest BCUT2D eigenvalue weighted by Gasteiger charge is 2.20. The number of nitrogens with zero attached hydrogens (tertiary/aromatic N) is 1. The van der Waals surface area contributed by atoms with Crippen molar-refractivity contribution >= 4 is 6.21 Å². The second-order valence-corrected chi connectivity index (χ2v) is 2.20. The molecule has 1 aliphatic heterocycles. The number of fused-ring (bicyclic) bond motifs is 1. The van der Waals surface area contributed by atoms with Crippen LogP contribution in [0.5, 0.6) is 11.5 Å². The lowest BCUT2D eigenvalue weighted by molar-refractivity contribution is 0.118. The average molecular weight is 148 g/mol. The zero-order chi connectivity index (χ0) is 7.68. The Hall–Kier alpha value is -1.51. The van der Waals surface area contributed by atoms with E-state index in [0.29, 0.717) is 11.5 Å². The molecular weight excluding hydrogens is 142 g/mol. The third-order valence-corrected chi connectivity index (χ3v) is 1.46. The standard InChI is InChI=1S/C8H6NO2/c9-5-8-10-6-3-1-2-4-7(6)11-8/h1-5,8H. The van der Waals surface area contributed by atoms with Crippen molar-refractivity contribution in [2.45, 2.75) is 6.29 Å². The van der Waals surface area contributed by atoms with Gasteiger partial charge in [0.15, 0.2) is 11.5 Å². The number of rotatable bonds is 1. The van der Waals surface area contributed by atoms with Gasteiger partial charge in [0, 0.05) is 0 Å². The molecule has 55 valence electrons. The van der Waals surface area contributed by atoms with Crippen LogP contribution < -0.4 is 14.9 Å². The van der Waals surface area contributed by atoms with E-state index >= 15 is 0 Å². The first-order valence-electron chi connectivity index (χ1n) is 3.30. The monoisotopic (exact) mass is 148 g/mol. The van der Waals surface area contributed by atoms with E-state index in [4.69, 9.17) is 14.9 Å². The van der Waals surface area contributed by atoms with Crippen LogP contribution in [-0.4, -0.2) is 12.5 Å². The molecule has 0 fully saturated rings. The van der Waals surface area contributed by atoms with Gasteiger partial charge in [-0.15, -0.1) is 0 Å². The maximum atomic E-state index is 8.56. The third-order valence-electron chi connectivity index (χ3n) is 1.46. The van der Waals surface area contributed by atoms with Crippen molar-refractivity contribution in [2.75, 3.05) is 0 Å². The van der Waals surface area contributed by atoms with Gasteiger partial charge in [0.05, 0.1) is 0 Å². The van der Waals surface area contributed by atoms with Gasteiger partial charge < -0.3 is 9.47 Å². The fourth-order valence-electron chi connectivity index (χ4n) is 0.980. The summed E-state index contributed by atoms with van der Waals surface area (Å²) in [5.41, 5.74) is 0. The highest BCUT2D eigenvalue weighted by atomic mass is 16.7. The van der Waals surface area contributed by atoms with Crippen LogP contribution in [0.1, 0.15) is 0 Å². The van der Waals surface area contributed by atoms with E-state index in [1.54, 1.807) is 12.1 Å². The fraction of sp³-hybridized carbons (Fsp3) is 0.125. The predicted molar refractivity (Wildman–Crippen MR) is 39.7 cm³/mol. The Morgan fingerprint density at radius 3 is 2.18 bits per heavy atom. The zero-order valence-electron chi connectivity index (χ0n) is 5.73. The van der Waals surface area contributed by atoms with Crippen LogP contribution in [-0.2, 0) is 0 Å². The molecule has 0 bridgehead atoms. The Morgan fingerprint density at radius 2 is 1.73 bits per heavy atom. The van der Waals surface area contributed by atoms with Crippen molar-refractivity contribution in [1.29, 1.82) is 0 Å². The molecule has 3 heteroatoms. The Labute approximate surface area is 64.1 Å². The molecule has 0 spiro atoms. The van der Waals surface area contributed by atoms with Crippen LogP contribution in [0.25, 0.3) is 0 Å². The maximum absolute atomic E-state index is 8.56. The lowest BCUT2D eigenvalue weighted by Crippen LogP contribution is -2.19. The molecule has 0 saturated heterocycles. The van der Waals surface area contributed by atoms with Gasteiger partial charge >= 0.3 is 0 Å². The van der Waals surface area contributed by atoms with Crippen molar-refractivity contribution < 1.29 is 9.47 Å². The second-order valence-electron chi connectivity index (χ2n) is 2.20. The third kappa shape index (κ3) is 0.941. The molecule has 1 aromatic rings. The molecule has 1 aromatic carbocycles. The quantitative estimate of drug-likeness (QED) is 0.549. The van der Waals surface area contributed by atoms with Crippen LogP contribution in [0.15, 0.2) is 24.3 Å². The smallest absolute Gasteiger partial charge is 0.279 e. The second kappa shape index (κ2) is 2.27. The largest absolute Gasteiger partial charge is 0.446 e. The van der Waals surface area contributed by atoms with Crippen LogP contribution >= 0.6 is 0 Å². The summed E-state index contributed by atoms with van der Waals surface area (Å²) < 4.78 is 10.3. The molecule has 3 nitrogen and oxygen atoms in total. The van der Waals surface area contributed by atoms with E-state index in [-0.39, 0.29) is 0 Å². The summed E-state index contributed by atoms with van der Waals surface area (Å²) in [6.45, 7) is 0. The van der Waals surface area contributed by atoms with Gasteiger partial charge in [-0.2, -0.15) is 5.41 Å². The summed E-state index contributed by atoms with van der Waals surface area (Å²) in [6, 6.07) is 7.28. The van der Waals surface area contributed by atoms with E-state index in [1.165, 1.54) is 0 Å². The first kappa shape index (κ1) is 6.22. The Bertz CT molecular complexity index is 260. The van der Waals surface area contributed by atoms with Gasteiger partial charge in [-0.25, -0.2) is 0 Å². The number of ether oxygens (including phenoxy) is 2. The first-order chi connectivity index (χ1) is 5.40. The van der Waals surface area contributed by atoms with Crippen LogP contribution in [0.2, 0.25) is 0 Å². The highest BCUT2D eigenvalue weighted by Crippen LogP contribution is 2.32. The Kier molecular flexibility index (Phi) is 1.28. The Morgan fingerprint density at radius 1 is 1.18 bits per heavy atom. The Balaban J connectivity index is 2.33. The summed E-state index contributed by atoms with van der Waals surface area (Å²) >= 11 is 0. The molecule has 1 aliphatic rings. The summed E-state index contributed by atoms with van der Waals surface area (Å²) in [6.07, 6.45) is 0.229. The summed E-state index contributed by atoms with van der Waals surface area (Å²) in [4.78, 5) is 0. The summed E-state index contributed by atoms with van der Waals surface area (Å²) in [5, 5.41) is 8.56. The lowest BCUT2D eigenvalue weighted by atomic mass is 10.3. The number of hydrogen-bond acceptors (Lipinski definition) is 2. The number of hydrogen-bond donors (Lipinski definition) is 0. The van der Waals surface area contributed by atoms with Gasteiger partial charge in [0.1, 0.15) is 6.21 Å². The van der Waals surface area contributed by atoms with Gasteiger partial charge in [-0.1, -0.05) is 12.1 Å². The molecule has 0 saturated carbocycles. The van der Waals surface area contributed by atoms with Crippen LogP contribution in [0.3, 0.4) is 0 Å². The molecule has 0 aromatic heterocycles. The topological polar surface area (TPSA) is 40.8 Å². The molecule has 1 radical (unpaired) electrons. The van der Waals surface area contributed by atoms with Gasteiger partial charge in [0.2, 0.25) is 0 Å².